The van der Waals surface area contributed by atoms with Crippen LogP contribution in [0.4, 0.5) is 0 Å². The number of carbonyl (C=O) groups is 1. The van der Waals surface area contributed by atoms with E-state index in [0.29, 0.717) is 16.9 Å². The first-order chi connectivity index (χ1) is 8.22. The zero-order valence-electron chi connectivity index (χ0n) is 9.18. The molecule has 1 aromatic heterocycles. The van der Waals surface area contributed by atoms with E-state index in [2.05, 4.69) is 20.9 Å². The van der Waals surface area contributed by atoms with Gasteiger partial charge in [0.05, 0.1) is 11.6 Å². The van der Waals surface area contributed by atoms with Crippen molar-refractivity contribution in [2.75, 3.05) is 7.11 Å². The molecule has 0 fully saturated rings. The summed E-state index contributed by atoms with van der Waals surface area (Å²) >= 11 is 3.36. The lowest BCUT2D eigenvalue weighted by Crippen LogP contribution is -2.01. The number of hydrogen-bond donors (Lipinski definition) is 0. The lowest BCUT2D eigenvalue weighted by molar-refractivity contribution is 0.103. The van der Waals surface area contributed by atoms with Gasteiger partial charge in [0, 0.05) is 23.5 Å². The summed E-state index contributed by atoms with van der Waals surface area (Å²) in [5.41, 5.74) is 1.18. The van der Waals surface area contributed by atoms with Crippen LogP contribution in [0.5, 0.6) is 5.75 Å². The van der Waals surface area contributed by atoms with Crippen molar-refractivity contribution in [3.8, 4) is 5.75 Å². The maximum Gasteiger partial charge on any atom is 0.194 e. The first-order valence-electron chi connectivity index (χ1n) is 5.00. The van der Waals surface area contributed by atoms with Gasteiger partial charge in [-0.1, -0.05) is 0 Å². The highest BCUT2D eigenvalue weighted by Gasteiger charge is 2.10. The number of rotatable bonds is 3. The van der Waals surface area contributed by atoms with Crippen LogP contribution in [0.15, 0.2) is 47.2 Å². The molecule has 1 aromatic carbocycles. The van der Waals surface area contributed by atoms with Crippen molar-refractivity contribution in [1.82, 2.24) is 4.98 Å². The Morgan fingerprint density at radius 3 is 2.71 bits per heavy atom. The highest BCUT2D eigenvalue weighted by atomic mass is 79.9. The summed E-state index contributed by atoms with van der Waals surface area (Å²) in [5.74, 6) is 0.647. The number of methoxy groups -OCH3 is 1. The molecule has 0 aliphatic heterocycles. The van der Waals surface area contributed by atoms with Crippen molar-refractivity contribution in [3.05, 3.63) is 58.3 Å². The zero-order chi connectivity index (χ0) is 12.3. The number of hydrogen-bond acceptors (Lipinski definition) is 3. The fourth-order valence-corrected chi connectivity index (χ4v) is 2.01. The summed E-state index contributed by atoms with van der Waals surface area (Å²) in [5, 5.41) is 0. The van der Waals surface area contributed by atoms with Crippen LogP contribution in [0.3, 0.4) is 0 Å². The molecule has 0 spiro atoms. The Morgan fingerprint density at radius 1 is 1.29 bits per heavy atom. The second-order valence-electron chi connectivity index (χ2n) is 3.42. The molecular formula is C13H10BrNO2. The number of aromatic nitrogens is 1. The Hall–Kier alpha value is -1.68. The summed E-state index contributed by atoms with van der Waals surface area (Å²) in [6.07, 6.45) is 3.20. The van der Waals surface area contributed by atoms with E-state index in [1.54, 1.807) is 49.8 Å². The fraction of sp³-hybridized carbons (Fsp3) is 0.0769. The molecule has 0 aliphatic rings. The number of nitrogens with zero attached hydrogens (tertiary/aromatic N) is 1. The molecule has 17 heavy (non-hydrogen) atoms. The summed E-state index contributed by atoms with van der Waals surface area (Å²) in [6, 6.07) is 8.72. The minimum Gasteiger partial charge on any atom is -0.496 e. The SMILES string of the molecule is COc1ccc(C(=O)c2cccnc2)cc1Br. The smallest absolute Gasteiger partial charge is 0.194 e. The van der Waals surface area contributed by atoms with Crippen LogP contribution in [-0.2, 0) is 0 Å². The topological polar surface area (TPSA) is 39.2 Å². The van der Waals surface area contributed by atoms with Gasteiger partial charge >= 0.3 is 0 Å². The summed E-state index contributed by atoms with van der Waals surface area (Å²) < 4.78 is 5.87. The first kappa shape index (κ1) is 11.8. The average Bonchev–Trinajstić information content (AvgIpc) is 2.39. The van der Waals surface area contributed by atoms with Gasteiger partial charge in [0.1, 0.15) is 5.75 Å². The fourth-order valence-electron chi connectivity index (χ4n) is 1.47. The summed E-state index contributed by atoms with van der Waals surface area (Å²) in [4.78, 5) is 16.0. The Balaban J connectivity index is 2.35. The second-order valence-corrected chi connectivity index (χ2v) is 4.27. The minimum absolute atomic E-state index is 0.0542. The Morgan fingerprint density at radius 2 is 2.12 bits per heavy atom. The molecular weight excluding hydrogens is 282 g/mol. The molecule has 0 unspecified atom stereocenters. The van der Waals surface area contributed by atoms with Crippen LogP contribution >= 0.6 is 15.9 Å². The molecule has 0 saturated carbocycles. The van der Waals surface area contributed by atoms with E-state index in [1.165, 1.54) is 0 Å². The van der Waals surface area contributed by atoms with Gasteiger partial charge in [-0.15, -0.1) is 0 Å². The number of benzene rings is 1. The molecule has 3 nitrogen and oxygen atoms in total. The monoisotopic (exact) mass is 291 g/mol. The molecule has 1 heterocycles. The van der Waals surface area contributed by atoms with Crippen molar-refractivity contribution < 1.29 is 9.53 Å². The molecule has 2 aromatic rings. The first-order valence-corrected chi connectivity index (χ1v) is 5.80. The molecule has 0 amide bonds. The highest BCUT2D eigenvalue weighted by Crippen LogP contribution is 2.26. The summed E-state index contributed by atoms with van der Waals surface area (Å²) in [7, 11) is 1.59. The van der Waals surface area contributed by atoms with Gasteiger partial charge in [0.25, 0.3) is 0 Å². The third kappa shape index (κ3) is 2.53. The molecule has 86 valence electrons. The van der Waals surface area contributed by atoms with Gasteiger partial charge in [-0.05, 0) is 46.3 Å². The minimum atomic E-state index is -0.0542. The van der Waals surface area contributed by atoms with E-state index in [-0.39, 0.29) is 5.78 Å². The zero-order valence-corrected chi connectivity index (χ0v) is 10.8. The summed E-state index contributed by atoms with van der Waals surface area (Å²) in [6.45, 7) is 0. The van der Waals surface area contributed by atoms with E-state index >= 15 is 0 Å². The number of pyridine rings is 1. The predicted octanol–water partition coefficient (Wildman–Crippen LogP) is 3.08. The molecule has 0 saturated heterocycles. The number of ketones is 1. The van der Waals surface area contributed by atoms with Crippen LogP contribution < -0.4 is 4.74 Å². The van der Waals surface area contributed by atoms with Crippen molar-refractivity contribution in [1.29, 1.82) is 0 Å². The lowest BCUT2D eigenvalue weighted by Gasteiger charge is -2.05. The van der Waals surface area contributed by atoms with Crippen LogP contribution in [0.1, 0.15) is 15.9 Å². The Bertz CT molecular complexity index is 540. The quantitative estimate of drug-likeness (QED) is 0.816. The van der Waals surface area contributed by atoms with Gasteiger partial charge in [0.15, 0.2) is 5.78 Å². The van der Waals surface area contributed by atoms with Gasteiger partial charge in [0.2, 0.25) is 0 Å². The molecule has 2 rings (SSSR count). The predicted molar refractivity (Wildman–Crippen MR) is 68.4 cm³/mol. The van der Waals surface area contributed by atoms with E-state index in [4.69, 9.17) is 4.74 Å². The Labute approximate surface area is 108 Å². The van der Waals surface area contributed by atoms with Crippen molar-refractivity contribution >= 4 is 21.7 Å². The van der Waals surface area contributed by atoms with Gasteiger partial charge in [-0.25, -0.2) is 0 Å². The normalized spacial score (nSPS) is 10.0. The lowest BCUT2D eigenvalue weighted by atomic mass is 10.1. The molecule has 0 atom stereocenters. The van der Waals surface area contributed by atoms with Crippen molar-refractivity contribution in [3.63, 3.8) is 0 Å². The second kappa shape index (κ2) is 5.10. The third-order valence-electron chi connectivity index (χ3n) is 2.34. The van der Waals surface area contributed by atoms with Crippen LogP contribution in [0, 0.1) is 0 Å². The molecule has 0 radical (unpaired) electrons. The number of ether oxygens (including phenoxy) is 1. The number of carbonyl (C=O) groups excluding carboxylic acids is 1. The van der Waals surface area contributed by atoms with E-state index in [1.807, 2.05) is 0 Å². The molecule has 0 aliphatic carbocycles. The van der Waals surface area contributed by atoms with Crippen molar-refractivity contribution in [2.45, 2.75) is 0 Å². The van der Waals surface area contributed by atoms with Gasteiger partial charge in [-0.2, -0.15) is 0 Å². The van der Waals surface area contributed by atoms with Crippen LogP contribution in [0.25, 0.3) is 0 Å². The Kier molecular flexibility index (Phi) is 3.54. The maximum absolute atomic E-state index is 12.1. The number of halogens is 1. The molecule has 4 heteroatoms. The van der Waals surface area contributed by atoms with Gasteiger partial charge < -0.3 is 4.74 Å². The van der Waals surface area contributed by atoms with E-state index in [0.717, 1.165) is 4.47 Å². The van der Waals surface area contributed by atoms with E-state index in [9.17, 15) is 4.79 Å². The third-order valence-corrected chi connectivity index (χ3v) is 2.96. The highest BCUT2D eigenvalue weighted by molar-refractivity contribution is 9.10. The maximum atomic E-state index is 12.1. The standard InChI is InChI=1S/C13H10BrNO2/c1-17-12-5-4-9(7-11(12)14)13(16)10-3-2-6-15-8-10/h2-8H,1H3. The van der Waals surface area contributed by atoms with Crippen LogP contribution in [-0.4, -0.2) is 17.9 Å². The largest absolute Gasteiger partial charge is 0.496 e. The molecule has 0 bridgehead atoms. The van der Waals surface area contributed by atoms with Crippen LogP contribution in [0.2, 0.25) is 0 Å². The average molecular weight is 292 g/mol. The van der Waals surface area contributed by atoms with Crippen molar-refractivity contribution in [2.24, 2.45) is 0 Å². The molecule has 0 N–H and O–H groups in total. The van der Waals surface area contributed by atoms with E-state index < -0.39 is 0 Å². The van der Waals surface area contributed by atoms with Gasteiger partial charge in [-0.3, -0.25) is 9.78 Å².